The van der Waals surface area contributed by atoms with Gasteiger partial charge in [-0.2, -0.15) is 0 Å². The van der Waals surface area contributed by atoms with Crippen molar-refractivity contribution < 1.29 is 8.42 Å². The number of anilines is 1. The molecule has 2 heterocycles. The summed E-state index contributed by atoms with van der Waals surface area (Å²) in [5.74, 6) is 1.06. The van der Waals surface area contributed by atoms with Gasteiger partial charge in [0.25, 0.3) is 0 Å². The fourth-order valence-electron chi connectivity index (χ4n) is 3.39. The molecule has 0 saturated carbocycles. The van der Waals surface area contributed by atoms with Gasteiger partial charge in [0.1, 0.15) is 0 Å². The molecule has 0 bridgehead atoms. The molecule has 136 valence electrons. The molecule has 2 atom stereocenters. The van der Waals surface area contributed by atoms with Gasteiger partial charge in [0, 0.05) is 16.5 Å². The third-order valence-electron chi connectivity index (χ3n) is 4.68. The summed E-state index contributed by atoms with van der Waals surface area (Å²) in [7, 11) is -3.04. The maximum atomic E-state index is 12.1. The molecule has 1 saturated heterocycles. The van der Waals surface area contributed by atoms with Crippen molar-refractivity contribution in [3.63, 3.8) is 0 Å². The van der Waals surface area contributed by atoms with E-state index in [2.05, 4.69) is 36.1 Å². The molecule has 26 heavy (non-hydrogen) atoms. The Kier molecular flexibility index (Phi) is 4.75. The van der Waals surface area contributed by atoms with Gasteiger partial charge in [-0.05, 0) is 30.7 Å². The molecule has 0 spiro atoms. The quantitative estimate of drug-likeness (QED) is 0.775. The van der Waals surface area contributed by atoms with Crippen LogP contribution in [-0.4, -0.2) is 37.2 Å². The second kappa shape index (κ2) is 6.91. The topological polar surface area (TPSA) is 49.7 Å². The average Bonchev–Trinajstić information content (AvgIpc) is 3.05. The molecular weight excluding hydrogens is 388 g/mol. The number of aliphatic imine (C=N–C) groups is 1. The van der Waals surface area contributed by atoms with Crippen LogP contribution in [0.5, 0.6) is 0 Å². The summed E-state index contributed by atoms with van der Waals surface area (Å²) in [5.41, 5.74) is 3.36. The van der Waals surface area contributed by atoms with Gasteiger partial charge >= 0.3 is 0 Å². The summed E-state index contributed by atoms with van der Waals surface area (Å²) >= 11 is 7.81. The number of nitrogens with zero attached hydrogens (tertiary/aromatic N) is 2. The van der Waals surface area contributed by atoms with Crippen LogP contribution < -0.4 is 4.90 Å². The van der Waals surface area contributed by atoms with E-state index in [4.69, 9.17) is 16.6 Å². The molecule has 0 aliphatic carbocycles. The van der Waals surface area contributed by atoms with Gasteiger partial charge in [0.15, 0.2) is 15.0 Å². The van der Waals surface area contributed by atoms with E-state index in [1.54, 1.807) is 11.8 Å². The monoisotopic (exact) mass is 406 g/mol. The first-order valence-electron chi connectivity index (χ1n) is 8.43. The van der Waals surface area contributed by atoms with Crippen molar-refractivity contribution in [2.75, 3.05) is 16.4 Å². The van der Waals surface area contributed by atoms with Crippen LogP contribution in [0.15, 0.2) is 53.5 Å². The lowest BCUT2D eigenvalue weighted by Crippen LogP contribution is -2.39. The summed E-state index contributed by atoms with van der Waals surface area (Å²) in [4.78, 5) is 6.80. The highest BCUT2D eigenvalue weighted by atomic mass is 35.5. The molecule has 1 fully saturated rings. The Bertz CT molecular complexity index is 958. The Labute approximate surface area is 163 Å². The summed E-state index contributed by atoms with van der Waals surface area (Å²) in [5, 5.41) is 1.51. The number of hydrogen-bond donors (Lipinski definition) is 0. The third kappa shape index (κ3) is 3.63. The number of rotatable bonds is 3. The van der Waals surface area contributed by atoms with E-state index in [0.29, 0.717) is 5.02 Å². The van der Waals surface area contributed by atoms with Gasteiger partial charge in [-0.3, -0.25) is 4.99 Å². The van der Waals surface area contributed by atoms with Crippen molar-refractivity contribution >= 4 is 44.1 Å². The Morgan fingerprint density at radius 2 is 1.96 bits per heavy atom. The van der Waals surface area contributed by atoms with Gasteiger partial charge < -0.3 is 4.90 Å². The lowest BCUT2D eigenvalue weighted by Gasteiger charge is -2.26. The standard InChI is InChI=1S/C19H19ClN2O2S2/c1-13-5-7-14(8-6-13)10-25-19-21-17-11-26(23,24)12-18(17)22(19)16-4-2-3-15(20)9-16/h2-9,17-18H,10-12H2,1H3. The maximum absolute atomic E-state index is 12.1. The van der Waals surface area contributed by atoms with Crippen molar-refractivity contribution in [3.05, 3.63) is 64.7 Å². The summed E-state index contributed by atoms with van der Waals surface area (Å²) in [6.45, 7) is 2.07. The Morgan fingerprint density at radius 1 is 1.19 bits per heavy atom. The van der Waals surface area contributed by atoms with Gasteiger partial charge in [0.2, 0.25) is 0 Å². The number of aryl methyl sites for hydroxylation is 1. The minimum atomic E-state index is -3.04. The van der Waals surface area contributed by atoms with Crippen LogP contribution in [0.3, 0.4) is 0 Å². The predicted molar refractivity (Wildman–Crippen MR) is 110 cm³/mol. The first kappa shape index (κ1) is 17.9. The van der Waals surface area contributed by atoms with Crippen molar-refractivity contribution in [3.8, 4) is 0 Å². The molecule has 2 aromatic rings. The molecule has 7 heteroatoms. The third-order valence-corrected chi connectivity index (χ3v) is 7.65. The Hall–Kier alpha value is -1.50. The van der Waals surface area contributed by atoms with Crippen LogP contribution in [0.2, 0.25) is 5.02 Å². The first-order chi connectivity index (χ1) is 12.4. The fraction of sp³-hybridized carbons (Fsp3) is 0.316. The number of benzene rings is 2. The SMILES string of the molecule is Cc1ccc(CSC2=NC3CS(=O)(=O)CC3N2c2cccc(Cl)c2)cc1. The first-order valence-corrected chi connectivity index (χ1v) is 11.6. The molecule has 2 aromatic carbocycles. The van der Waals surface area contributed by atoms with Gasteiger partial charge in [0.05, 0.1) is 23.6 Å². The lowest BCUT2D eigenvalue weighted by atomic mass is 10.1. The number of fused-ring (bicyclic) bond motifs is 1. The van der Waals surface area contributed by atoms with E-state index < -0.39 is 9.84 Å². The van der Waals surface area contributed by atoms with E-state index in [1.807, 2.05) is 24.3 Å². The van der Waals surface area contributed by atoms with Crippen molar-refractivity contribution in [1.29, 1.82) is 0 Å². The highest BCUT2D eigenvalue weighted by Gasteiger charge is 2.47. The lowest BCUT2D eigenvalue weighted by molar-refractivity contribution is 0.601. The molecule has 0 radical (unpaired) electrons. The van der Waals surface area contributed by atoms with Crippen LogP contribution in [0.1, 0.15) is 11.1 Å². The van der Waals surface area contributed by atoms with Crippen LogP contribution >= 0.6 is 23.4 Å². The van der Waals surface area contributed by atoms with Gasteiger partial charge in [-0.25, -0.2) is 8.42 Å². The maximum Gasteiger partial charge on any atom is 0.164 e. The minimum absolute atomic E-state index is 0.128. The number of sulfone groups is 1. The second-order valence-electron chi connectivity index (χ2n) is 6.75. The number of thioether (sulfide) groups is 1. The second-order valence-corrected chi connectivity index (χ2v) is 10.3. The molecular formula is C19H19ClN2O2S2. The molecule has 0 aromatic heterocycles. The van der Waals surface area contributed by atoms with E-state index in [1.165, 1.54) is 11.1 Å². The predicted octanol–water partition coefficient (Wildman–Crippen LogP) is 3.92. The zero-order valence-electron chi connectivity index (χ0n) is 14.3. The largest absolute Gasteiger partial charge is 0.315 e. The molecule has 4 rings (SSSR count). The number of amidine groups is 1. The van der Waals surface area contributed by atoms with Gasteiger partial charge in [-0.15, -0.1) is 0 Å². The zero-order valence-corrected chi connectivity index (χ0v) is 16.7. The van der Waals surface area contributed by atoms with Crippen molar-refractivity contribution in [1.82, 2.24) is 0 Å². The average molecular weight is 407 g/mol. The molecule has 2 aliphatic rings. The normalized spacial score (nSPS) is 23.8. The highest BCUT2D eigenvalue weighted by molar-refractivity contribution is 8.13. The van der Waals surface area contributed by atoms with E-state index in [0.717, 1.165) is 16.6 Å². The Morgan fingerprint density at radius 3 is 2.69 bits per heavy atom. The van der Waals surface area contributed by atoms with Gasteiger partial charge in [-0.1, -0.05) is 59.3 Å². The van der Waals surface area contributed by atoms with Crippen LogP contribution in [-0.2, 0) is 15.6 Å². The molecule has 2 aliphatic heterocycles. The zero-order chi connectivity index (χ0) is 18.3. The minimum Gasteiger partial charge on any atom is -0.315 e. The smallest absolute Gasteiger partial charge is 0.164 e. The molecule has 0 amide bonds. The molecule has 2 unspecified atom stereocenters. The van der Waals surface area contributed by atoms with Crippen LogP contribution in [0.4, 0.5) is 5.69 Å². The van der Waals surface area contributed by atoms with Crippen LogP contribution in [0, 0.1) is 6.92 Å². The summed E-state index contributed by atoms with van der Waals surface area (Å²) < 4.78 is 24.2. The number of halogens is 1. The number of hydrogen-bond acceptors (Lipinski definition) is 5. The van der Waals surface area contributed by atoms with Crippen LogP contribution in [0.25, 0.3) is 0 Å². The highest BCUT2D eigenvalue weighted by Crippen LogP contribution is 2.36. The van der Waals surface area contributed by atoms with E-state index in [9.17, 15) is 8.42 Å². The summed E-state index contributed by atoms with van der Waals surface area (Å²) in [6, 6.07) is 15.6. The fourth-order valence-corrected chi connectivity index (χ4v) is 6.50. The Balaban J connectivity index is 1.61. The van der Waals surface area contributed by atoms with E-state index in [-0.39, 0.29) is 23.6 Å². The molecule has 0 N–H and O–H groups in total. The molecule has 4 nitrogen and oxygen atoms in total. The summed E-state index contributed by atoms with van der Waals surface area (Å²) in [6.07, 6.45) is 0. The van der Waals surface area contributed by atoms with Crippen molar-refractivity contribution in [2.24, 2.45) is 4.99 Å². The van der Waals surface area contributed by atoms with Crippen molar-refractivity contribution in [2.45, 2.75) is 24.8 Å². The van der Waals surface area contributed by atoms with E-state index >= 15 is 0 Å².